The zero-order valence-electron chi connectivity index (χ0n) is 12.7. The number of allylic oxidation sites excluding steroid dienone is 7. The third kappa shape index (κ3) is 10.7. The Hall–Kier alpha value is -2.01. The molecular formula is C17H22F3NO. The molecule has 0 radical (unpaired) electrons. The van der Waals surface area contributed by atoms with Gasteiger partial charge in [0.05, 0.1) is 13.0 Å². The number of rotatable bonds is 9. The first-order valence-electron chi connectivity index (χ1n) is 6.64. The molecule has 0 rings (SSSR count). The van der Waals surface area contributed by atoms with Gasteiger partial charge in [-0.2, -0.15) is 13.2 Å². The van der Waals surface area contributed by atoms with Gasteiger partial charge < -0.3 is 10.4 Å². The summed E-state index contributed by atoms with van der Waals surface area (Å²) in [6.07, 6.45) is 2.23. The summed E-state index contributed by atoms with van der Waals surface area (Å²) < 4.78 is 37.8. The zero-order chi connectivity index (χ0) is 17.2. The highest BCUT2D eigenvalue weighted by Gasteiger charge is 2.28. The van der Waals surface area contributed by atoms with Crippen molar-refractivity contribution in [3.63, 3.8) is 0 Å². The van der Waals surface area contributed by atoms with Crippen molar-refractivity contribution in [2.75, 3.05) is 6.61 Å². The van der Waals surface area contributed by atoms with Crippen LogP contribution in [0, 0.1) is 0 Å². The van der Waals surface area contributed by atoms with Crippen LogP contribution in [-0.2, 0) is 0 Å². The highest BCUT2D eigenvalue weighted by atomic mass is 19.4. The predicted molar refractivity (Wildman–Crippen MR) is 85.0 cm³/mol. The molecule has 0 fully saturated rings. The lowest BCUT2D eigenvalue weighted by molar-refractivity contribution is -0.127. The smallest absolute Gasteiger partial charge is 0.392 e. The van der Waals surface area contributed by atoms with Gasteiger partial charge in [-0.15, -0.1) is 0 Å². The first kappa shape index (κ1) is 20.0. The van der Waals surface area contributed by atoms with Crippen molar-refractivity contribution < 1.29 is 18.3 Å². The fourth-order valence-corrected chi connectivity index (χ4v) is 1.60. The summed E-state index contributed by atoms with van der Waals surface area (Å²) in [4.78, 5) is 0. The Kier molecular flexibility index (Phi) is 8.94. The molecule has 2 nitrogen and oxygen atoms in total. The summed E-state index contributed by atoms with van der Waals surface area (Å²) >= 11 is 0. The summed E-state index contributed by atoms with van der Waals surface area (Å²) in [5, 5.41) is 11.6. The maximum Gasteiger partial charge on any atom is 0.392 e. The minimum absolute atomic E-state index is 0.0855. The molecule has 0 atom stereocenters. The normalized spacial score (nSPS) is 13.3. The van der Waals surface area contributed by atoms with E-state index in [2.05, 4.69) is 25.1 Å². The van der Waals surface area contributed by atoms with E-state index in [-0.39, 0.29) is 18.6 Å². The molecule has 0 aromatic heterocycles. The van der Waals surface area contributed by atoms with Crippen molar-refractivity contribution in [3.05, 3.63) is 72.7 Å². The van der Waals surface area contributed by atoms with Gasteiger partial charge >= 0.3 is 6.18 Å². The molecule has 0 aliphatic heterocycles. The Balaban J connectivity index is 5.06. The third-order valence-corrected chi connectivity index (χ3v) is 2.51. The molecule has 0 unspecified atom stereocenters. The van der Waals surface area contributed by atoms with Gasteiger partial charge in [0.2, 0.25) is 0 Å². The molecule has 0 aromatic carbocycles. The van der Waals surface area contributed by atoms with E-state index in [4.69, 9.17) is 5.11 Å². The Morgan fingerprint density at radius 1 is 1.23 bits per heavy atom. The molecular weight excluding hydrogens is 291 g/mol. The van der Waals surface area contributed by atoms with Crippen LogP contribution in [0.1, 0.15) is 19.8 Å². The first-order valence-corrected chi connectivity index (χ1v) is 6.64. The number of halogens is 3. The van der Waals surface area contributed by atoms with Crippen molar-refractivity contribution in [3.8, 4) is 0 Å². The molecule has 0 aromatic rings. The molecule has 22 heavy (non-hydrogen) atoms. The standard InChI is InChI=1S/C17H22F3NO/c1-5-14(3)21-15(4)8-9-16(12-17(18,19)20)11-13(2)7-6-10-22/h5-9,21-22H,1-3,10-12H2,4H3/b7-6-,15-8+,16-9-. The summed E-state index contributed by atoms with van der Waals surface area (Å²) in [5.74, 6) is 0. The van der Waals surface area contributed by atoms with Crippen LogP contribution in [0.15, 0.2) is 72.7 Å². The molecule has 0 spiro atoms. The van der Waals surface area contributed by atoms with Gasteiger partial charge in [-0.3, -0.25) is 0 Å². The van der Waals surface area contributed by atoms with Gasteiger partial charge in [-0.05, 0) is 25.5 Å². The maximum atomic E-state index is 12.6. The second-order valence-corrected chi connectivity index (χ2v) is 4.74. The number of alkyl halides is 3. The number of hydrogen-bond donors (Lipinski definition) is 2. The van der Waals surface area contributed by atoms with Crippen LogP contribution < -0.4 is 5.32 Å². The van der Waals surface area contributed by atoms with Gasteiger partial charge in [-0.1, -0.05) is 49.1 Å². The van der Waals surface area contributed by atoms with Crippen LogP contribution in [0.25, 0.3) is 0 Å². The van der Waals surface area contributed by atoms with Crippen LogP contribution >= 0.6 is 0 Å². The largest absolute Gasteiger partial charge is 0.392 e. The zero-order valence-corrected chi connectivity index (χ0v) is 12.7. The van der Waals surface area contributed by atoms with Crippen molar-refractivity contribution in [1.29, 1.82) is 0 Å². The highest BCUT2D eigenvalue weighted by molar-refractivity contribution is 5.27. The van der Waals surface area contributed by atoms with Gasteiger partial charge in [0.15, 0.2) is 0 Å². The van der Waals surface area contributed by atoms with E-state index < -0.39 is 12.6 Å². The summed E-state index contributed by atoms with van der Waals surface area (Å²) in [6, 6.07) is 0. The van der Waals surface area contributed by atoms with Gasteiger partial charge in [-0.25, -0.2) is 0 Å². The molecule has 2 N–H and O–H groups in total. The number of aliphatic hydroxyl groups excluding tert-OH is 1. The van der Waals surface area contributed by atoms with Crippen molar-refractivity contribution >= 4 is 0 Å². The van der Waals surface area contributed by atoms with Crippen molar-refractivity contribution in [2.45, 2.75) is 25.9 Å². The van der Waals surface area contributed by atoms with E-state index in [9.17, 15) is 13.2 Å². The Labute approximate surface area is 129 Å². The number of aliphatic hydroxyl groups is 1. The average molecular weight is 313 g/mol. The molecule has 0 saturated carbocycles. The highest BCUT2D eigenvalue weighted by Crippen LogP contribution is 2.28. The van der Waals surface area contributed by atoms with Crippen molar-refractivity contribution in [2.24, 2.45) is 0 Å². The second-order valence-electron chi connectivity index (χ2n) is 4.74. The first-order chi connectivity index (χ1) is 10.2. The third-order valence-electron chi connectivity index (χ3n) is 2.51. The number of hydrogen-bond acceptors (Lipinski definition) is 2. The lowest BCUT2D eigenvalue weighted by Crippen LogP contribution is -2.09. The molecule has 122 valence electrons. The van der Waals surface area contributed by atoms with Crippen LogP contribution in [0.4, 0.5) is 13.2 Å². The molecule has 5 heteroatoms. The molecule has 0 saturated heterocycles. The van der Waals surface area contributed by atoms with Crippen LogP contribution in [0.5, 0.6) is 0 Å². The summed E-state index contributed by atoms with van der Waals surface area (Å²) in [7, 11) is 0. The summed E-state index contributed by atoms with van der Waals surface area (Å²) in [5.41, 5.74) is 1.90. The van der Waals surface area contributed by atoms with E-state index in [0.717, 1.165) is 0 Å². The van der Waals surface area contributed by atoms with Crippen LogP contribution in [0.2, 0.25) is 0 Å². The molecule has 0 aliphatic carbocycles. The maximum absolute atomic E-state index is 12.6. The SMILES string of the molecule is C=CC(=C)N/C(C)=C/C=C(/CC(=C)/C=C\CO)CC(F)(F)F. The lowest BCUT2D eigenvalue weighted by Gasteiger charge is -2.11. The van der Waals surface area contributed by atoms with Gasteiger partial charge in [0, 0.05) is 11.4 Å². The van der Waals surface area contributed by atoms with Crippen LogP contribution in [-0.4, -0.2) is 17.9 Å². The minimum atomic E-state index is -4.29. The quantitative estimate of drug-likeness (QED) is 0.612. The number of nitrogens with one attached hydrogen (secondary N) is 1. The fourth-order valence-electron chi connectivity index (χ4n) is 1.60. The Morgan fingerprint density at radius 2 is 1.86 bits per heavy atom. The van der Waals surface area contributed by atoms with Gasteiger partial charge in [0.25, 0.3) is 0 Å². The van der Waals surface area contributed by atoms with E-state index in [1.165, 1.54) is 24.3 Å². The summed E-state index contributed by atoms with van der Waals surface area (Å²) in [6.45, 7) is 12.4. The topological polar surface area (TPSA) is 32.3 Å². The predicted octanol–water partition coefficient (Wildman–Crippen LogP) is 4.55. The van der Waals surface area contributed by atoms with E-state index >= 15 is 0 Å². The van der Waals surface area contributed by atoms with E-state index in [0.29, 0.717) is 17.0 Å². The average Bonchev–Trinajstić information content (AvgIpc) is 2.40. The Morgan fingerprint density at radius 3 is 2.36 bits per heavy atom. The van der Waals surface area contributed by atoms with E-state index in [1.807, 2.05) is 0 Å². The second kappa shape index (κ2) is 9.84. The molecule has 0 bridgehead atoms. The monoisotopic (exact) mass is 313 g/mol. The fraction of sp³-hybridized carbons (Fsp3) is 0.294. The van der Waals surface area contributed by atoms with Crippen LogP contribution in [0.3, 0.4) is 0 Å². The van der Waals surface area contributed by atoms with Gasteiger partial charge in [0.1, 0.15) is 0 Å². The minimum Gasteiger partial charge on any atom is -0.392 e. The molecule has 0 heterocycles. The molecule has 0 aliphatic rings. The molecule has 0 amide bonds. The lowest BCUT2D eigenvalue weighted by atomic mass is 10.0. The van der Waals surface area contributed by atoms with Crippen molar-refractivity contribution in [1.82, 2.24) is 5.32 Å². The Bertz CT molecular complexity index is 497. The van der Waals surface area contributed by atoms with E-state index in [1.54, 1.807) is 13.0 Å².